The lowest BCUT2D eigenvalue weighted by Gasteiger charge is -2.13. The van der Waals surface area contributed by atoms with Crippen molar-refractivity contribution in [3.63, 3.8) is 0 Å². The fourth-order valence-corrected chi connectivity index (χ4v) is 3.30. The van der Waals surface area contributed by atoms with Crippen molar-refractivity contribution in [3.05, 3.63) is 72.3 Å². The van der Waals surface area contributed by atoms with E-state index in [1.54, 1.807) is 50.2 Å². The van der Waals surface area contributed by atoms with Crippen LogP contribution in [0.4, 0.5) is 8.78 Å². The molecule has 0 saturated heterocycles. The molecule has 0 N–H and O–H groups in total. The summed E-state index contributed by atoms with van der Waals surface area (Å²) in [6.45, 7) is 3.44. The molecule has 0 spiro atoms. The molecule has 3 rings (SSSR count). The quantitative estimate of drug-likeness (QED) is 0.606. The zero-order chi connectivity index (χ0) is 20.3. The molecule has 0 heterocycles. The summed E-state index contributed by atoms with van der Waals surface area (Å²) in [5.41, 5.74) is -0.176. The number of benzene rings is 2. The Balaban J connectivity index is 1.72. The van der Waals surface area contributed by atoms with E-state index in [9.17, 15) is 18.8 Å². The number of hydrogen-bond donors (Lipinski definition) is 0. The number of allylic oxidation sites excluding steroid dienone is 1. The standard InChI is InChI=1S/C22H19F2NO3/c1-22(2)17(12-19(23)24)20(22)21(26)28-18(13-25)14-7-6-10-16(11-14)27-15-8-4-3-5-9-15/h3-12,17-18,20H,1-2H3/t17-,18-,20+/m1/s1. The van der Waals surface area contributed by atoms with Crippen LogP contribution < -0.4 is 4.74 Å². The van der Waals surface area contributed by atoms with Gasteiger partial charge >= 0.3 is 5.97 Å². The second-order valence-electron chi connectivity index (χ2n) is 7.21. The first kappa shape index (κ1) is 19.6. The van der Waals surface area contributed by atoms with E-state index in [-0.39, 0.29) is 0 Å². The van der Waals surface area contributed by atoms with Crippen molar-refractivity contribution < 1.29 is 23.0 Å². The smallest absolute Gasteiger partial charge is 0.311 e. The summed E-state index contributed by atoms with van der Waals surface area (Å²) in [5.74, 6) is -0.834. The van der Waals surface area contributed by atoms with Crippen LogP contribution >= 0.6 is 0 Å². The fraction of sp³-hybridized carbons (Fsp3) is 0.273. The van der Waals surface area contributed by atoms with Gasteiger partial charge in [-0.2, -0.15) is 14.0 Å². The van der Waals surface area contributed by atoms with Crippen LogP contribution in [0.25, 0.3) is 0 Å². The average Bonchev–Trinajstić information content (AvgIpc) is 3.20. The third kappa shape index (κ3) is 4.20. The first-order valence-electron chi connectivity index (χ1n) is 8.78. The number of carbonyl (C=O) groups excluding carboxylic acids is 1. The number of halogens is 2. The monoisotopic (exact) mass is 383 g/mol. The van der Waals surface area contributed by atoms with Crippen LogP contribution in [0.15, 0.2) is 66.8 Å². The van der Waals surface area contributed by atoms with Crippen LogP contribution in [0.1, 0.15) is 25.5 Å². The van der Waals surface area contributed by atoms with E-state index in [2.05, 4.69) is 0 Å². The predicted octanol–water partition coefficient (Wildman–Crippen LogP) is 5.64. The lowest BCUT2D eigenvalue weighted by atomic mass is 10.1. The van der Waals surface area contributed by atoms with Crippen molar-refractivity contribution in [2.24, 2.45) is 17.3 Å². The van der Waals surface area contributed by atoms with Gasteiger partial charge in [-0.3, -0.25) is 4.79 Å². The van der Waals surface area contributed by atoms with Gasteiger partial charge < -0.3 is 9.47 Å². The second-order valence-corrected chi connectivity index (χ2v) is 7.21. The van der Waals surface area contributed by atoms with Crippen LogP contribution in [0.3, 0.4) is 0 Å². The summed E-state index contributed by atoms with van der Waals surface area (Å²) < 4.78 is 36.2. The van der Waals surface area contributed by atoms with Crippen molar-refractivity contribution in [2.45, 2.75) is 20.0 Å². The third-order valence-electron chi connectivity index (χ3n) is 4.96. The SMILES string of the molecule is CC1(C)[C@H](C=C(F)F)[C@H]1C(=O)O[C@H](C#N)c1cccc(Oc2ccccc2)c1. The van der Waals surface area contributed by atoms with E-state index in [0.717, 1.165) is 6.08 Å². The first-order valence-corrected chi connectivity index (χ1v) is 8.78. The van der Waals surface area contributed by atoms with Crippen molar-refractivity contribution in [1.82, 2.24) is 0 Å². The molecule has 0 unspecified atom stereocenters. The molecule has 6 heteroatoms. The number of carbonyl (C=O) groups is 1. The van der Waals surface area contributed by atoms with Gasteiger partial charge in [0.05, 0.1) is 5.92 Å². The molecule has 3 atom stereocenters. The van der Waals surface area contributed by atoms with E-state index in [1.807, 2.05) is 24.3 Å². The number of para-hydroxylation sites is 1. The summed E-state index contributed by atoms with van der Waals surface area (Å²) in [6.07, 6.45) is -2.19. The van der Waals surface area contributed by atoms with Gasteiger partial charge in [0.2, 0.25) is 6.10 Å². The number of esters is 1. The fourth-order valence-electron chi connectivity index (χ4n) is 3.30. The van der Waals surface area contributed by atoms with E-state index in [0.29, 0.717) is 17.1 Å². The molecule has 0 amide bonds. The Morgan fingerprint density at radius 1 is 1.14 bits per heavy atom. The highest BCUT2D eigenvalue weighted by molar-refractivity contribution is 5.78. The molecular weight excluding hydrogens is 364 g/mol. The predicted molar refractivity (Wildman–Crippen MR) is 98.5 cm³/mol. The Morgan fingerprint density at radius 2 is 1.82 bits per heavy atom. The molecule has 0 radical (unpaired) electrons. The van der Waals surface area contributed by atoms with Gasteiger partial charge in [-0.05, 0) is 35.8 Å². The zero-order valence-corrected chi connectivity index (χ0v) is 15.4. The summed E-state index contributed by atoms with van der Waals surface area (Å²) in [4.78, 5) is 12.5. The highest BCUT2D eigenvalue weighted by Gasteiger charge is 2.62. The van der Waals surface area contributed by atoms with Gasteiger partial charge in [-0.15, -0.1) is 0 Å². The second kappa shape index (κ2) is 7.81. The summed E-state index contributed by atoms with van der Waals surface area (Å²) in [5, 5.41) is 9.45. The van der Waals surface area contributed by atoms with Crippen molar-refractivity contribution in [3.8, 4) is 17.6 Å². The van der Waals surface area contributed by atoms with Crippen LogP contribution in [-0.2, 0) is 9.53 Å². The topological polar surface area (TPSA) is 59.3 Å². The van der Waals surface area contributed by atoms with Gasteiger partial charge in [-0.1, -0.05) is 44.2 Å². The largest absolute Gasteiger partial charge is 0.457 e. The van der Waals surface area contributed by atoms with E-state index in [1.165, 1.54) is 0 Å². The molecule has 1 aliphatic rings. The minimum absolute atomic E-state index is 0.450. The van der Waals surface area contributed by atoms with Crippen LogP contribution in [0.2, 0.25) is 0 Å². The van der Waals surface area contributed by atoms with Crippen molar-refractivity contribution in [2.75, 3.05) is 0 Å². The molecule has 0 aliphatic heterocycles. The van der Waals surface area contributed by atoms with Crippen LogP contribution in [0.5, 0.6) is 11.5 Å². The van der Waals surface area contributed by atoms with E-state index >= 15 is 0 Å². The molecule has 1 saturated carbocycles. The lowest BCUT2D eigenvalue weighted by molar-refractivity contribution is -0.149. The average molecular weight is 383 g/mol. The highest BCUT2D eigenvalue weighted by Crippen LogP contribution is 2.60. The van der Waals surface area contributed by atoms with Crippen molar-refractivity contribution >= 4 is 5.97 Å². The summed E-state index contributed by atoms with van der Waals surface area (Å²) >= 11 is 0. The number of ether oxygens (including phenoxy) is 2. The van der Waals surface area contributed by atoms with Gasteiger partial charge in [-0.25, -0.2) is 0 Å². The number of nitrogens with zero attached hydrogens (tertiary/aromatic N) is 1. The Hall–Kier alpha value is -3.20. The molecule has 0 bridgehead atoms. The van der Waals surface area contributed by atoms with Gasteiger partial charge in [0.25, 0.3) is 6.08 Å². The Morgan fingerprint density at radius 3 is 2.46 bits per heavy atom. The molecular formula is C22H19F2NO3. The maximum Gasteiger partial charge on any atom is 0.311 e. The van der Waals surface area contributed by atoms with Gasteiger partial charge in [0, 0.05) is 11.5 Å². The van der Waals surface area contributed by atoms with Crippen LogP contribution in [-0.4, -0.2) is 5.97 Å². The molecule has 1 aliphatic carbocycles. The highest BCUT2D eigenvalue weighted by atomic mass is 19.3. The number of nitriles is 1. The Bertz CT molecular complexity index is 930. The molecule has 28 heavy (non-hydrogen) atoms. The zero-order valence-electron chi connectivity index (χ0n) is 15.4. The summed E-state index contributed by atoms with van der Waals surface area (Å²) in [6, 6.07) is 17.7. The molecule has 0 aromatic heterocycles. The number of rotatable bonds is 6. The van der Waals surface area contributed by atoms with Crippen LogP contribution in [0, 0.1) is 28.6 Å². The minimum atomic E-state index is -1.82. The molecule has 1 fully saturated rings. The first-order chi connectivity index (χ1) is 13.3. The van der Waals surface area contributed by atoms with E-state index in [4.69, 9.17) is 9.47 Å². The van der Waals surface area contributed by atoms with Gasteiger partial charge in [0.1, 0.15) is 17.6 Å². The normalized spacial score (nSPS) is 20.4. The van der Waals surface area contributed by atoms with E-state index < -0.39 is 35.4 Å². The molecule has 2 aromatic rings. The van der Waals surface area contributed by atoms with Crippen molar-refractivity contribution in [1.29, 1.82) is 5.26 Å². The third-order valence-corrected chi connectivity index (χ3v) is 4.96. The maximum atomic E-state index is 12.6. The van der Waals surface area contributed by atoms with Gasteiger partial charge in [0.15, 0.2) is 0 Å². The minimum Gasteiger partial charge on any atom is -0.457 e. The maximum absolute atomic E-state index is 12.6. The molecule has 2 aromatic carbocycles. The lowest BCUT2D eigenvalue weighted by Crippen LogP contribution is -2.14. The number of hydrogen-bond acceptors (Lipinski definition) is 4. The summed E-state index contributed by atoms with van der Waals surface area (Å²) in [7, 11) is 0. The molecule has 144 valence electrons. The Kier molecular flexibility index (Phi) is 5.46. The Labute approximate surface area is 162 Å². The molecule has 4 nitrogen and oxygen atoms in total.